The molecule has 26 heavy (non-hydrogen) atoms. The highest BCUT2D eigenvalue weighted by Crippen LogP contribution is 2.36. The molecule has 6 nitrogen and oxygen atoms in total. The summed E-state index contributed by atoms with van der Waals surface area (Å²) in [6.45, 7) is 1.84. The van der Waals surface area contributed by atoms with Gasteiger partial charge in [-0.25, -0.2) is 0 Å². The van der Waals surface area contributed by atoms with Gasteiger partial charge in [-0.05, 0) is 31.0 Å². The number of halogens is 1. The molecule has 0 unspecified atom stereocenters. The van der Waals surface area contributed by atoms with Crippen molar-refractivity contribution in [3.63, 3.8) is 0 Å². The highest BCUT2D eigenvalue weighted by molar-refractivity contribution is 8.01. The van der Waals surface area contributed by atoms with Crippen LogP contribution in [0.25, 0.3) is 0 Å². The second-order valence-corrected chi connectivity index (χ2v) is 8.35. The van der Waals surface area contributed by atoms with Crippen LogP contribution >= 0.6 is 34.7 Å². The number of ketones is 1. The van der Waals surface area contributed by atoms with Crippen molar-refractivity contribution in [2.45, 2.75) is 36.6 Å². The van der Waals surface area contributed by atoms with E-state index in [1.165, 1.54) is 30.2 Å². The number of hydrogen-bond acceptors (Lipinski definition) is 7. The Morgan fingerprint density at radius 3 is 2.77 bits per heavy atom. The van der Waals surface area contributed by atoms with Crippen molar-refractivity contribution in [3.05, 3.63) is 28.8 Å². The van der Waals surface area contributed by atoms with E-state index >= 15 is 0 Å². The van der Waals surface area contributed by atoms with Gasteiger partial charge in [-0.15, -0.1) is 10.2 Å². The Hall–Kier alpha value is -1.64. The quantitative estimate of drug-likeness (QED) is 0.370. The Kier molecular flexibility index (Phi) is 6.16. The van der Waals surface area contributed by atoms with Crippen LogP contribution in [0.2, 0.25) is 5.02 Å². The number of aromatic nitrogens is 2. The van der Waals surface area contributed by atoms with Crippen molar-refractivity contribution in [3.8, 4) is 5.75 Å². The molecule has 0 aliphatic heterocycles. The molecular formula is C17H18ClN3O3S2. The highest BCUT2D eigenvalue weighted by atomic mass is 35.5. The number of methoxy groups -OCH3 is 1. The molecule has 2 aromatic rings. The molecular weight excluding hydrogens is 394 g/mol. The van der Waals surface area contributed by atoms with Gasteiger partial charge >= 0.3 is 0 Å². The maximum absolute atomic E-state index is 12.4. The van der Waals surface area contributed by atoms with Gasteiger partial charge in [0.2, 0.25) is 11.0 Å². The third kappa shape index (κ3) is 4.36. The molecule has 1 fully saturated rings. The zero-order valence-corrected chi connectivity index (χ0v) is 16.8. The number of hydrogen-bond donors (Lipinski definition) is 0. The molecule has 1 heterocycles. The molecule has 0 radical (unpaired) electrons. The maximum Gasteiger partial charge on any atom is 0.228 e. The van der Waals surface area contributed by atoms with Crippen molar-refractivity contribution in [1.29, 1.82) is 0 Å². The van der Waals surface area contributed by atoms with Gasteiger partial charge in [0, 0.05) is 18.0 Å². The third-order valence-electron chi connectivity index (χ3n) is 3.89. The van der Waals surface area contributed by atoms with Crippen LogP contribution in [0.1, 0.15) is 36.5 Å². The SMILES string of the molecule is CCC(=O)N(c1nnc(SCC(=O)c2ccc(OC)c(Cl)c2)s1)C1CC1. The van der Waals surface area contributed by atoms with Crippen LogP contribution in [0.5, 0.6) is 5.75 Å². The number of amides is 1. The standard InChI is InChI=1S/C17H18ClN3O3S2/c1-3-15(23)21(11-5-6-11)16-19-20-17(26-16)25-9-13(22)10-4-7-14(24-2)12(18)8-10/h4,7-8,11H,3,5-6,9H2,1-2H3. The monoisotopic (exact) mass is 411 g/mol. The number of ether oxygens (including phenoxy) is 1. The van der Waals surface area contributed by atoms with Gasteiger partial charge in [0.15, 0.2) is 10.1 Å². The van der Waals surface area contributed by atoms with Gasteiger partial charge in [-0.2, -0.15) is 0 Å². The molecule has 9 heteroatoms. The first-order valence-corrected chi connectivity index (χ1v) is 10.4. The van der Waals surface area contributed by atoms with Gasteiger partial charge in [-0.3, -0.25) is 14.5 Å². The summed E-state index contributed by atoms with van der Waals surface area (Å²) in [5.74, 6) is 0.761. The predicted octanol–water partition coefficient (Wildman–Crippen LogP) is 4.08. The number of carbonyl (C=O) groups is 2. The molecule has 1 aliphatic carbocycles. The van der Waals surface area contributed by atoms with Crippen LogP contribution in [-0.4, -0.2) is 40.8 Å². The first-order chi connectivity index (χ1) is 12.5. The molecule has 1 aromatic carbocycles. The van der Waals surface area contributed by atoms with E-state index in [0.717, 1.165) is 12.8 Å². The van der Waals surface area contributed by atoms with E-state index in [1.54, 1.807) is 23.1 Å². The lowest BCUT2D eigenvalue weighted by molar-refractivity contribution is -0.118. The average Bonchev–Trinajstić information content (AvgIpc) is 3.37. The minimum absolute atomic E-state index is 0.0556. The smallest absolute Gasteiger partial charge is 0.228 e. The van der Waals surface area contributed by atoms with Crippen molar-refractivity contribution >= 4 is 51.5 Å². The van der Waals surface area contributed by atoms with E-state index in [4.69, 9.17) is 16.3 Å². The number of anilines is 1. The average molecular weight is 412 g/mol. The first-order valence-electron chi connectivity index (χ1n) is 8.18. The van der Waals surface area contributed by atoms with Crippen LogP contribution in [0.3, 0.4) is 0 Å². The fourth-order valence-corrected chi connectivity index (χ4v) is 4.46. The van der Waals surface area contributed by atoms with E-state index in [1.807, 2.05) is 6.92 Å². The second-order valence-electron chi connectivity index (χ2n) is 5.76. The van der Waals surface area contributed by atoms with E-state index < -0.39 is 0 Å². The minimum atomic E-state index is -0.0556. The van der Waals surface area contributed by atoms with Crippen LogP contribution in [-0.2, 0) is 4.79 Å². The predicted molar refractivity (Wildman–Crippen MR) is 104 cm³/mol. The third-order valence-corrected chi connectivity index (χ3v) is 6.24. The molecule has 0 bridgehead atoms. The summed E-state index contributed by atoms with van der Waals surface area (Å²) in [6, 6.07) is 5.21. The fraction of sp³-hybridized carbons (Fsp3) is 0.412. The van der Waals surface area contributed by atoms with Crippen LogP contribution in [0, 0.1) is 0 Å². The number of carbonyl (C=O) groups excluding carboxylic acids is 2. The van der Waals surface area contributed by atoms with Crippen LogP contribution in [0.4, 0.5) is 5.13 Å². The number of thioether (sulfide) groups is 1. The Labute approximate surface area is 164 Å². The van der Waals surface area contributed by atoms with E-state index in [2.05, 4.69) is 10.2 Å². The second kappa shape index (κ2) is 8.37. The van der Waals surface area contributed by atoms with Crippen molar-refractivity contribution < 1.29 is 14.3 Å². The van der Waals surface area contributed by atoms with Crippen LogP contribution < -0.4 is 9.64 Å². The molecule has 1 amide bonds. The lowest BCUT2D eigenvalue weighted by Gasteiger charge is -2.17. The van der Waals surface area contributed by atoms with Crippen molar-refractivity contribution in [2.75, 3.05) is 17.8 Å². The molecule has 1 aromatic heterocycles. The maximum atomic E-state index is 12.4. The summed E-state index contributed by atoms with van der Waals surface area (Å²) in [5.41, 5.74) is 0.522. The Morgan fingerprint density at radius 2 is 2.15 bits per heavy atom. The van der Waals surface area contributed by atoms with E-state index in [9.17, 15) is 9.59 Å². The molecule has 0 spiro atoms. The molecule has 0 atom stereocenters. The summed E-state index contributed by atoms with van der Waals surface area (Å²) < 4.78 is 5.76. The Bertz CT molecular complexity index is 823. The number of rotatable bonds is 8. The zero-order valence-electron chi connectivity index (χ0n) is 14.4. The number of benzene rings is 1. The van der Waals surface area contributed by atoms with Gasteiger partial charge in [0.1, 0.15) is 5.75 Å². The summed E-state index contributed by atoms with van der Waals surface area (Å²) in [6.07, 6.45) is 2.45. The lowest BCUT2D eigenvalue weighted by Crippen LogP contribution is -2.32. The van der Waals surface area contributed by atoms with Gasteiger partial charge in [0.05, 0.1) is 17.9 Å². The first kappa shape index (κ1) is 19.1. The highest BCUT2D eigenvalue weighted by Gasteiger charge is 2.35. The summed E-state index contributed by atoms with van der Waals surface area (Å²) in [4.78, 5) is 26.2. The zero-order chi connectivity index (χ0) is 18.7. The van der Waals surface area contributed by atoms with E-state index in [0.29, 0.717) is 32.2 Å². The van der Waals surface area contributed by atoms with Crippen molar-refractivity contribution in [1.82, 2.24) is 10.2 Å². The van der Waals surface area contributed by atoms with Crippen LogP contribution in [0.15, 0.2) is 22.5 Å². The number of Topliss-reactive ketones (excluding diaryl/α,β-unsaturated/α-hetero) is 1. The Morgan fingerprint density at radius 1 is 1.38 bits per heavy atom. The molecule has 1 aliphatic rings. The molecule has 3 rings (SSSR count). The van der Waals surface area contributed by atoms with E-state index in [-0.39, 0.29) is 23.5 Å². The summed E-state index contributed by atoms with van der Waals surface area (Å²) in [7, 11) is 1.53. The van der Waals surface area contributed by atoms with Gasteiger partial charge in [-0.1, -0.05) is 41.6 Å². The topological polar surface area (TPSA) is 72.4 Å². The molecule has 0 N–H and O–H groups in total. The van der Waals surface area contributed by atoms with Gasteiger partial charge < -0.3 is 4.74 Å². The lowest BCUT2D eigenvalue weighted by atomic mass is 10.1. The minimum Gasteiger partial charge on any atom is -0.495 e. The van der Waals surface area contributed by atoms with Crippen molar-refractivity contribution in [2.24, 2.45) is 0 Å². The summed E-state index contributed by atoms with van der Waals surface area (Å²) in [5, 5.41) is 9.27. The molecule has 1 saturated carbocycles. The number of nitrogens with zero attached hydrogens (tertiary/aromatic N) is 3. The largest absolute Gasteiger partial charge is 0.495 e. The summed E-state index contributed by atoms with van der Waals surface area (Å²) >= 11 is 8.72. The Balaban J connectivity index is 1.63. The fourth-order valence-electron chi connectivity index (χ4n) is 2.38. The normalized spacial score (nSPS) is 13.5. The molecule has 0 saturated heterocycles. The van der Waals surface area contributed by atoms with Gasteiger partial charge in [0.25, 0.3) is 0 Å². The molecule has 138 valence electrons.